The van der Waals surface area contributed by atoms with Gasteiger partial charge in [-0.1, -0.05) is 18.6 Å². The quantitative estimate of drug-likeness (QED) is 0.437. The van der Waals surface area contributed by atoms with Crippen LogP contribution in [0.2, 0.25) is 0 Å². The lowest BCUT2D eigenvalue weighted by atomic mass is 9.88. The number of nitrogens with zero attached hydrogens (tertiary/aromatic N) is 1. The van der Waals surface area contributed by atoms with Gasteiger partial charge in [-0.2, -0.15) is 0 Å². The van der Waals surface area contributed by atoms with Gasteiger partial charge in [0.25, 0.3) is 5.91 Å². The van der Waals surface area contributed by atoms with Crippen LogP contribution < -0.4 is 10.1 Å². The van der Waals surface area contributed by atoms with Crippen LogP contribution in [0.15, 0.2) is 47.1 Å². The summed E-state index contributed by atoms with van der Waals surface area (Å²) in [5.74, 6) is 1.07. The number of amides is 1. The van der Waals surface area contributed by atoms with Crippen LogP contribution in [0, 0.1) is 0 Å². The zero-order valence-corrected chi connectivity index (χ0v) is 20.1. The number of furan rings is 1. The molecule has 2 aromatic heterocycles. The molecule has 0 saturated carbocycles. The number of piperidine rings is 1. The molecule has 3 aromatic rings. The van der Waals surface area contributed by atoms with Crippen molar-refractivity contribution in [2.75, 3.05) is 25.0 Å². The molecule has 3 heterocycles. The van der Waals surface area contributed by atoms with Gasteiger partial charge in [0.15, 0.2) is 5.76 Å². The Balaban J connectivity index is 1.58. The summed E-state index contributed by atoms with van der Waals surface area (Å²) in [7, 11) is 0. The molecule has 0 bridgehead atoms. The smallest absolute Gasteiger partial charge is 0.291 e. The number of carbonyl (C=O) groups is 1. The Morgan fingerprint density at radius 3 is 2.61 bits per heavy atom. The van der Waals surface area contributed by atoms with Crippen molar-refractivity contribution in [3.63, 3.8) is 0 Å². The third-order valence-corrected chi connectivity index (χ3v) is 7.94. The van der Waals surface area contributed by atoms with Crippen molar-refractivity contribution in [3.05, 3.63) is 70.0 Å². The molecule has 1 amide bonds. The van der Waals surface area contributed by atoms with Gasteiger partial charge < -0.3 is 14.5 Å². The van der Waals surface area contributed by atoms with E-state index in [2.05, 4.69) is 34.5 Å². The second-order valence-corrected chi connectivity index (χ2v) is 9.99. The molecule has 174 valence electrons. The second kappa shape index (κ2) is 10.1. The zero-order valence-electron chi connectivity index (χ0n) is 19.3. The van der Waals surface area contributed by atoms with Crippen molar-refractivity contribution in [2.45, 2.75) is 57.9 Å². The van der Waals surface area contributed by atoms with Crippen molar-refractivity contribution in [2.24, 2.45) is 0 Å². The van der Waals surface area contributed by atoms with Crippen molar-refractivity contribution in [1.29, 1.82) is 0 Å². The normalized spacial score (nSPS) is 17.4. The number of rotatable bonds is 7. The van der Waals surface area contributed by atoms with Gasteiger partial charge in [-0.05, 0) is 93.9 Å². The Bertz CT molecular complexity index is 1070. The molecule has 1 aliphatic carbocycles. The number of anilines is 1. The van der Waals surface area contributed by atoms with Crippen LogP contribution in [0.5, 0.6) is 5.75 Å². The number of hydrogen-bond acceptors (Lipinski definition) is 5. The molecule has 2 aliphatic rings. The molecule has 0 spiro atoms. The van der Waals surface area contributed by atoms with Gasteiger partial charge in [0.05, 0.1) is 18.9 Å². The molecule has 1 unspecified atom stereocenters. The summed E-state index contributed by atoms with van der Waals surface area (Å²) in [5, 5.41) is 4.21. The molecule has 5 rings (SSSR count). The number of hydrogen-bond donors (Lipinski definition) is 1. The fraction of sp³-hybridized carbons (Fsp3) is 0.444. The molecule has 5 nitrogen and oxygen atoms in total. The third kappa shape index (κ3) is 4.73. The average molecular weight is 465 g/mol. The maximum absolute atomic E-state index is 13.0. The predicted molar refractivity (Wildman–Crippen MR) is 133 cm³/mol. The van der Waals surface area contributed by atoms with Crippen LogP contribution in [0.3, 0.4) is 0 Å². The van der Waals surface area contributed by atoms with Crippen LogP contribution >= 0.6 is 11.3 Å². The van der Waals surface area contributed by atoms with E-state index in [0.717, 1.165) is 36.7 Å². The summed E-state index contributed by atoms with van der Waals surface area (Å²) >= 11 is 1.76. The maximum atomic E-state index is 13.0. The minimum atomic E-state index is -0.177. The lowest BCUT2D eigenvalue weighted by Gasteiger charge is -2.36. The van der Waals surface area contributed by atoms with Crippen molar-refractivity contribution in [1.82, 2.24) is 4.90 Å². The van der Waals surface area contributed by atoms with E-state index in [-0.39, 0.29) is 11.9 Å². The monoisotopic (exact) mass is 464 g/mol. The van der Waals surface area contributed by atoms with E-state index in [9.17, 15) is 4.79 Å². The van der Waals surface area contributed by atoms with Gasteiger partial charge in [-0.15, -0.1) is 11.3 Å². The first-order valence-electron chi connectivity index (χ1n) is 12.2. The van der Waals surface area contributed by atoms with E-state index < -0.39 is 0 Å². The van der Waals surface area contributed by atoms with Gasteiger partial charge in [0.2, 0.25) is 0 Å². The Labute approximate surface area is 199 Å². The second-order valence-electron chi connectivity index (χ2n) is 8.89. The Morgan fingerprint density at radius 2 is 1.88 bits per heavy atom. The van der Waals surface area contributed by atoms with Crippen molar-refractivity contribution in [3.8, 4) is 5.75 Å². The molecule has 1 aliphatic heterocycles. The maximum Gasteiger partial charge on any atom is 0.291 e. The lowest BCUT2D eigenvalue weighted by Crippen LogP contribution is -2.35. The van der Waals surface area contributed by atoms with Gasteiger partial charge in [-0.25, -0.2) is 0 Å². The Morgan fingerprint density at radius 1 is 1.09 bits per heavy atom. The van der Waals surface area contributed by atoms with Gasteiger partial charge >= 0.3 is 0 Å². The summed E-state index contributed by atoms with van der Waals surface area (Å²) in [5.41, 5.74) is 4.01. The number of likely N-dealkylation sites (tertiary alicyclic amines) is 1. The largest absolute Gasteiger partial charge is 0.494 e. The highest BCUT2D eigenvalue weighted by molar-refractivity contribution is 7.16. The number of benzene rings is 1. The summed E-state index contributed by atoms with van der Waals surface area (Å²) in [6.45, 7) is 4.83. The third-order valence-electron chi connectivity index (χ3n) is 6.72. The van der Waals surface area contributed by atoms with Crippen LogP contribution in [-0.2, 0) is 12.8 Å². The molecule has 1 N–H and O–H groups in total. The number of carbonyl (C=O) groups excluding carboxylic acids is 1. The van der Waals surface area contributed by atoms with Gasteiger partial charge in [0.1, 0.15) is 10.8 Å². The molecule has 33 heavy (non-hydrogen) atoms. The first kappa shape index (κ1) is 22.2. The van der Waals surface area contributed by atoms with E-state index in [0.29, 0.717) is 12.4 Å². The van der Waals surface area contributed by atoms with Gasteiger partial charge in [-0.3, -0.25) is 9.69 Å². The van der Waals surface area contributed by atoms with Crippen LogP contribution in [0.4, 0.5) is 5.00 Å². The number of aryl methyl sites for hydroxylation is 1. The highest BCUT2D eigenvalue weighted by Crippen LogP contribution is 2.46. The Kier molecular flexibility index (Phi) is 6.83. The van der Waals surface area contributed by atoms with Crippen LogP contribution in [-0.4, -0.2) is 30.5 Å². The Hall–Kier alpha value is -2.57. The van der Waals surface area contributed by atoms with Crippen molar-refractivity contribution < 1.29 is 13.9 Å². The molecular weight excluding hydrogens is 432 g/mol. The van der Waals surface area contributed by atoms with E-state index in [4.69, 9.17) is 9.15 Å². The minimum Gasteiger partial charge on any atom is -0.494 e. The van der Waals surface area contributed by atoms with E-state index in [1.54, 1.807) is 29.7 Å². The van der Waals surface area contributed by atoms with E-state index in [1.165, 1.54) is 53.7 Å². The molecular formula is C27H32N2O3S. The van der Waals surface area contributed by atoms with E-state index in [1.807, 2.05) is 6.92 Å². The molecule has 1 saturated heterocycles. The highest BCUT2D eigenvalue weighted by atomic mass is 32.1. The molecule has 6 heteroatoms. The molecule has 1 atom stereocenters. The number of ether oxygens (including phenoxy) is 1. The lowest BCUT2D eigenvalue weighted by molar-refractivity contribution is 0.0996. The fourth-order valence-corrected chi connectivity index (χ4v) is 6.51. The fourth-order valence-electron chi connectivity index (χ4n) is 5.19. The minimum absolute atomic E-state index is 0.131. The average Bonchev–Trinajstić information content (AvgIpc) is 3.50. The molecule has 0 radical (unpaired) electrons. The first-order valence-corrected chi connectivity index (χ1v) is 13.0. The topological polar surface area (TPSA) is 54.7 Å². The number of fused-ring (bicyclic) bond motifs is 1. The highest BCUT2D eigenvalue weighted by Gasteiger charge is 2.33. The molecule has 1 fully saturated rings. The summed E-state index contributed by atoms with van der Waals surface area (Å²) in [4.78, 5) is 17.0. The van der Waals surface area contributed by atoms with Gasteiger partial charge in [0, 0.05) is 10.4 Å². The van der Waals surface area contributed by atoms with Crippen LogP contribution in [0.25, 0.3) is 0 Å². The van der Waals surface area contributed by atoms with E-state index >= 15 is 0 Å². The standard InChI is InChI=1S/C27H32N2O3S/c1-2-31-20-14-12-19(13-15-20)25(29-16-6-3-7-17-29)24-21-9-4-5-11-23(21)33-27(24)28-26(30)22-10-8-18-32-22/h8,10,12-15,18,25H,2-7,9,11,16-17H2,1H3,(H,28,30). The molecule has 1 aromatic carbocycles. The zero-order chi connectivity index (χ0) is 22.6. The summed E-state index contributed by atoms with van der Waals surface area (Å²) < 4.78 is 11.1. The predicted octanol–water partition coefficient (Wildman–Crippen LogP) is 6.45. The van der Waals surface area contributed by atoms with Crippen molar-refractivity contribution >= 4 is 22.2 Å². The van der Waals surface area contributed by atoms with Crippen LogP contribution in [0.1, 0.15) is 77.2 Å². The first-order chi connectivity index (χ1) is 16.2. The summed E-state index contributed by atoms with van der Waals surface area (Å²) in [6.07, 6.45) is 9.87. The SMILES string of the molecule is CCOc1ccc(C(c2c(NC(=O)c3ccco3)sc3c2CCCC3)N2CCCCC2)cc1. The summed E-state index contributed by atoms with van der Waals surface area (Å²) in [6, 6.07) is 12.2. The number of thiophene rings is 1. The number of nitrogens with one attached hydrogen (secondary N) is 1.